The summed E-state index contributed by atoms with van der Waals surface area (Å²) >= 11 is 6.39. The van der Waals surface area contributed by atoms with E-state index in [1.54, 1.807) is 18.2 Å². The van der Waals surface area contributed by atoms with Crippen LogP contribution >= 0.6 is 11.6 Å². The Kier molecular flexibility index (Phi) is 4.75. The molecule has 0 bridgehead atoms. The van der Waals surface area contributed by atoms with Gasteiger partial charge in [-0.15, -0.1) is 0 Å². The molecule has 0 saturated carbocycles. The van der Waals surface area contributed by atoms with E-state index in [9.17, 15) is 9.59 Å². The van der Waals surface area contributed by atoms with E-state index >= 15 is 0 Å². The van der Waals surface area contributed by atoms with E-state index in [0.29, 0.717) is 41.2 Å². The van der Waals surface area contributed by atoms with Crippen molar-refractivity contribution in [1.29, 1.82) is 0 Å². The van der Waals surface area contributed by atoms with Crippen LogP contribution in [0.2, 0.25) is 0 Å². The van der Waals surface area contributed by atoms with E-state index < -0.39 is 5.97 Å². The molecule has 0 spiro atoms. The van der Waals surface area contributed by atoms with Crippen molar-refractivity contribution in [3.63, 3.8) is 0 Å². The van der Waals surface area contributed by atoms with Gasteiger partial charge in [0.1, 0.15) is 13.2 Å². The topological polar surface area (TPSA) is 90.5 Å². The summed E-state index contributed by atoms with van der Waals surface area (Å²) in [5, 5.41) is 0.583. The van der Waals surface area contributed by atoms with Gasteiger partial charge in [-0.05, 0) is 42.0 Å². The molecule has 0 amide bonds. The van der Waals surface area contributed by atoms with Crippen LogP contribution in [0.1, 0.15) is 21.7 Å². The van der Waals surface area contributed by atoms with Gasteiger partial charge in [-0.25, -0.2) is 9.78 Å². The molecule has 7 nitrogen and oxygen atoms in total. The van der Waals surface area contributed by atoms with E-state index in [1.165, 1.54) is 25.3 Å². The Morgan fingerprint density at radius 2 is 1.96 bits per heavy atom. The summed E-state index contributed by atoms with van der Waals surface area (Å²) in [6.45, 7) is 0.995. The number of aromatic amines is 1. The molecule has 0 aliphatic carbocycles. The minimum Gasteiger partial charge on any atom is -0.486 e. The van der Waals surface area contributed by atoms with Crippen LogP contribution in [0.15, 0.2) is 41.2 Å². The van der Waals surface area contributed by atoms with E-state index in [0.717, 1.165) is 5.56 Å². The summed E-state index contributed by atoms with van der Waals surface area (Å²) < 4.78 is 15.8. The molecular weight excluding hydrogens is 384 g/mol. The number of hydrogen-bond acceptors (Lipinski definition) is 6. The molecule has 142 valence electrons. The highest BCUT2D eigenvalue weighted by Gasteiger charge is 2.13. The van der Waals surface area contributed by atoms with Crippen LogP contribution < -0.4 is 15.0 Å². The molecule has 1 aliphatic rings. The molecule has 0 unspecified atom stereocenters. The number of benzene rings is 2. The van der Waals surface area contributed by atoms with Gasteiger partial charge in [0.15, 0.2) is 17.3 Å². The van der Waals surface area contributed by atoms with Gasteiger partial charge in [0.05, 0.1) is 28.6 Å². The van der Waals surface area contributed by atoms with E-state index in [1.807, 2.05) is 6.07 Å². The van der Waals surface area contributed by atoms with Crippen molar-refractivity contribution >= 4 is 39.6 Å². The maximum atomic E-state index is 12.4. The largest absolute Gasteiger partial charge is 0.486 e. The first-order chi connectivity index (χ1) is 13.5. The van der Waals surface area contributed by atoms with Crippen molar-refractivity contribution in [2.24, 2.45) is 0 Å². The van der Waals surface area contributed by atoms with Gasteiger partial charge in [0, 0.05) is 0 Å². The zero-order valence-electron chi connectivity index (χ0n) is 14.8. The van der Waals surface area contributed by atoms with E-state index in [4.69, 9.17) is 25.8 Å². The van der Waals surface area contributed by atoms with Gasteiger partial charge in [-0.3, -0.25) is 4.79 Å². The highest BCUT2D eigenvalue weighted by Crippen LogP contribution is 2.32. The summed E-state index contributed by atoms with van der Waals surface area (Å²) in [5.41, 5.74) is 1.05. The van der Waals surface area contributed by atoms with Crippen LogP contribution in [-0.4, -0.2) is 36.3 Å². The van der Waals surface area contributed by atoms with Crippen LogP contribution in [-0.2, 0) is 4.74 Å². The van der Waals surface area contributed by atoms with Gasteiger partial charge >= 0.3 is 5.97 Å². The molecule has 2 aromatic carbocycles. The molecule has 1 aliphatic heterocycles. The Hall–Kier alpha value is -3.32. The molecule has 2 heterocycles. The number of H-pyrrole nitrogens is 1. The quantitative estimate of drug-likeness (QED) is 0.681. The Morgan fingerprint density at radius 3 is 2.75 bits per heavy atom. The third-order valence-corrected chi connectivity index (χ3v) is 4.50. The zero-order chi connectivity index (χ0) is 19.7. The Morgan fingerprint density at radius 1 is 1.18 bits per heavy atom. The number of carbonyl (C=O) groups excluding carboxylic acids is 1. The first kappa shape index (κ1) is 18.1. The molecule has 0 radical (unpaired) electrons. The van der Waals surface area contributed by atoms with Crippen LogP contribution in [0.25, 0.3) is 22.0 Å². The maximum Gasteiger partial charge on any atom is 0.337 e. The highest BCUT2D eigenvalue weighted by atomic mass is 35.5. The number of esters is 1. The summed E-state index contributed by atoms with van der Waals surface area (Å²) in [4.78, 5) is 31.1. The Bertz CT molecular complexity index is 1170. The van der Waals surface area contributed by atoms with Crippen molar-refractivity contribution in [2.45, 2.75) is 0 Å². The summed E-state index contributed by atoms with van der Waals surface area (Å²) in [6, 6.07) is 9.95. The van der Waals surface area contributed by atoms with Crippen molar-refractivity contribution in [2.75, 3.05) is 20.3 Å². The maximum absolute atomic E-state index is 12.4. The second kappa shape index (κ2) is 7.36. The van der Waals surface area contributed by atoms with Crippen molar-refractivity contribution in [1.82, 2.24) is 9.97 Å². The van der Waals surface area contributed by atoms with Gasteiger partial charge in [0.2, 0.25) is 0 Å². The van der Waals surface area contributed by atoms with Crippen LogP contribution in [0.4, 0.5) is 0 Å². The van der Waals surface area contributed by atoms with Gasteiger partial charge in [0.25, 0.3) is 5.56 Å². The SMILES string of the molecule is COC(=O)c1ccc2c(=O)[nH]c(/C(Cl)=C/c3ccc4c(c3)OCCO4)nc2c1. The molecule has 1 aromatic heterocycles. The van der Waals surface area contributed by atoms with E-state index in [2.05, 4.69) is 9.97 Å². The van der Waals surface area contributed by atoms with Crippen molar-refractivity contribution in [3.05, 3.63) is 63.7 Å². The Balaban J connectivity index is 1.74. The number of methoxy groups -OCH3 is 1. The van der Waals surface area contributed by atoms with Crippen molar-refractivity contribution in [3.8, 4) is 11.5 Å². The first-order valence-corrected chi connectivity index (χ1v) is 8.82. The molecule has 3 aromatic rings. The number of hydrogen-bond donors (Lipinski definition) is 1. The second-order valence-corrected chi connectivity index (χ2v) is 6.44. The predicted molar refractivity (Wildman–Crippen MR) is 105 cm³/mol. The number of ether oxygens (including phenoxy) is 3. The molecule has 28 heavy (non-hydrogen) atoms. The monoisotopic (exact) mass is 398 g/mol. The minimum atomic E-state index is -0.511. The number of halogens is 1. The number of aromatic nitrogens is 2. The van der Waals surface area contributed by atoms with Crippen molar-refractivity contribution < 1.29 is 19.0 Å². The first-order valence-electron chi connectivity index (χ1n) is 8.45. The third-order valence-electron chi connectivity index (χ3n) is 4.21. The molecule has 8 heteroatoms. The zero-order valence-corrected chi connectivity index (χ0v) is 15.6. The molecule has 4 rings (SSSR count). The summed E-state index contributed by atoms with van der Waals surface area (Å²) in [6.07, 6.45) is 1.66. The van der Waals surface area contributed by atoms with Crippen LogP contribution in [0.3, 0.4) is 0 Å². The predicted octanol–water partition coefficient (Wildman–Crippen LogP) is 3.22. The van der Waals surface area contributed by atoms with Crippen LogP contribution in [0, 0.1) is 0 Å². The van der Waals surface area contributed by atoms with Gasteiger partial charge < -0.3 is 19.2 Å². The second-order valence-electron chi connectivity index (χ2n) is 6.03. The lowest BCUT2D eigenvalue weighted by Crippen LogP contribution is -2.15. The highest BCUT2D eigenvalue weighted by molar-refractivity contribution is 6.50. The van der Waals surface area contributed by atoms with E-state index in [-0.39, 0.29) is 16.4 Å². The fraction of sp³-hybridized carbons (Fsp3) is 0.150. The number of fused-ring (bicyclic) bond motifs is 2. The summed E-state index contributed by atoms with van der Waals surface area (Å²) in [5.74, 6) is 0.985. The van der Waals surface area contributed by atoms with Gasteiger partial charge in [-0.2, -0.15) is 0 Å². The smallest absolute Gasteiger partial charge is 0.337 e. The third kappa shape index (κ3) is 3.44. The van der Waals surface area contributed by atoms with Gasteiger partial charge in [-0.1, -0.05) is 17.7 Å². The molecule has 0 saturated heterocycles. The summed E-state index contributed by atoms with van der Waals surface area (Å²) in [7, 11) is 1.29. The molecular formula is C20H15ClN2O5. The lowest BCUT2D eigenvalue weighted by atomic mass is 10.1. The fourth-order valence-corrected chi connectivity index (χ4v) is 3.08. The lowest BCUT2D eigenvalue weighted by Gasteiger charge is -2.18. The van der Waals surface area contributed by atoms with Crippen LogP contribution in [0.5, 0.6) is 11.5 Å². The normalized spacial score (nSPS) is 13.4. The minimum absolute atomic E-state index is 0.191. The number of rotatable bonds is 3. The number of nitrogens with one attached hydrogen (secondary N) is 1. The standard InChI is InChI=1S/C20H15ClN2O5/c1-26-20(25)12-3-4-13-15(10-12)22-18(23-19(13)24)14(21)8-11-2-5-16-17(9-11)28-7-6-27-16/h2-5,8-10H,6-7H2,1H3,(H,22,23,24)/b14-8-. The fourth-order valence-electron chi connectivity index (χ4n) is 2.86. The lowest BCUT2D eigenvalue weighted by molar-refractivity contribution is 0.0601. The number of carbonyl (C=O) groups is 1. The molecule has 0 atom stereocenters. The average molecular weight is 399 g/mol. The average Bonchev–Trinajstić information content (AvgIpc) is 2.72. The Labute approximate surface area is 164 Å². The number of nitrogens with zero attached hydrogens (tertiary/aromatic N) is 1. The molecule has 0 fully saturated rings. The molecule has 1 N–H and O–H groups in total.